The SMILES string of the molecule is CCOC(=O)CCn1ccnc1/C=C/C(=O)OCc1ccccc1. The number of rotatable bonds is 8. The smallest absolute Gasteiger partial charge is 0.331 e. The molecule has 0 unspecified atom stereocenters. The molecule has 6 nitrogen and oxygen atoms in total. The van der Waals surface area contributed by atoms with E-state index < -0.39 is 5.97 Å². The number of benzene rings is 1. The Bertz CT molecular complexity index is 692. The number of hydrogen-bond donors (Lipinski definition) is 0. The van der Waals surface area contributed by atoms with E-state index in [4.69, 9.17) is 9.47 Å². The molecule has 126 valence electrons. The quantitative estimate of drug-likeness (QED) is 0.550. The summed E-state index contributed by atoms with van der Waals surface area (Å²) in [5.74, 6) is -0.127. The van der Waals surface area contributed by atoms with Crippen molar-refractivity contribution in [2.75, 3.05) is 6.61 Å². The molecule has 2 aromatic rings. The third-order valence-corrected chi connectivity index (χ3v) is 3.20. The lowest BCUT2D eigenvalue weighted by Crippen LogP contribution is -2.09. The second-order valence-corrected chi connectivity index (χ2v) is 4.96. The zero-order chi connectivity index (χ0) is 17.2. The number of carbonyl (C=O) groups excluding carboxylic acids is 2. The van der Waals surface area contributed by atoms with Gasteiger partial charge in [-0.05, 0) is 18.6 Å². The predicted molar refractivity (Wildman–Crippen MR) is 88.7 cm³/mol. The van der Waals surface area contributed by atoms with Crippen LogP contribution in [0.25, 0.3) is 6.08 Å². The third-order valence-electron chi connectivity index (χ3n) is 3.20. The molecule has 24 heavy (non-hydrogen) atoms. The van der Waals surface area contributed by atoms with Gasteiger partial charge < -0.3 is 14.0 Å². The van der Waals surface area contributed by atoms with Crippen LogP contribution in [0, 0.1) is 0 Å². The standard InChI is InChI=1S/C18H20N2O4/c1-2-23-18(22)10-12-20-13-11-19-16(20)8-9-17(21)24-14-15-6-4-3-5-7-15/h3-9,11,13H,2,10,12,14H2,1H3/b9-8+. The molecule has 0 saturated heterocycles. The van der Waals surface area contributed by atoms with Gasteiger partial charge in [-0.1, -0.05) is 30.3 Å². The van der Waals surface area contributed by atoms with E-state index in [1.165, 1.54) is 6.08 Å². The number of esters is 2. The lowest BCUT2D eigenvalue weighted by Gasteiger charge is -2.05. The van der Waals surface area contributed by atoms with Gasteiger partial charge in [0.25, 0.3) is 0 Å². The lowest BCUT2D eigenvalue weighted by atomic mass is 10.2. The maximum Gasteiger partial charge on any atom is 0.331 e. The van der Waals surface area contributed by atoms with Crippen LogP contribution in [0.3, 0.4) is 0 Å². The fraction of sp³-hybridized carbons (Fsp3) is 0.278. The van der Waals surface area contributed by atoms with Crippen molar-refractivity contribution < 1.29 is 19.1 Å². The van der Waals surface area contributed by atoms with E-state index in [0.29, 0.717) is 19.0 Å². The summed E-state index contributed by atoms with van der Waals surface area (Å²) >= 11 is 0. The van der Waals surface area contributed by atoms with Crippen molar-refractivity contribution in [2.45, 2.75) is 26.5 Å². The first-order valence-electron chi connectivity index (χ1n) is 7.74. The molecule has 1 aromatic heterocycles. The molecule has 0 aliphatic heterocycles. The Morgan fingerprint density at radius 1 is 1.21 bits per heavy atom. The average Bonchev–Trinajstić information content (AvgIpc) is 3.05. The fourth-order valence-corrected chi connectivity index (χ4v) is 2.03. The molecule has 0 atom stereocenters. The van der Waals surface area contributed by atoms with E-state index in [9.17, 15) is 9.59 Å². The van der Waals surface area contributed by atoms with Gasteiger partial charge in [-0.2, -0.15) is 0 Å². The topological polar surface area (TPSA) is 70.4 Å². The monoisotopic (exact) mass is 328 g/mol. The van der Waals surface area contributed by atoms with Gasteiger partial charge >= 0.3 is 11.9 Å². The summed E-state index contributed by atoms with van der Waals surface area (Å²) in [6, 6.07) is 9.46. The van der Waals surface area contributed by atoms with Crippen molar-refractivity contribution in [1.29, 1.82) is 0 Å². The zero-order valence-electron chi connectivity index (χ0n) is 13.6. The summed E-state index contributed by atoms with van der Waals surface area (Å²) in [6.07, 6.45) is 6.50. The first kappa shape index (κ1) is 17.5. The van der Waals surface area contributed by atoms with Crippen LogP contribution in [0.15, 0.2) is 48.8 Å². The van der Waals surface area contributed by atoms with Crippen LogP contribution >= 0.6 is 0 Å². The molecular formula is C18H20N2O4. The first-order chi connectivity index (χ1) is 11.7. The number of aromatic nitrogens is 2. The molecule has 0 fully saturated rings. The van der Waals surface area contributed by atoms with E-state index in [2.05, 4.69) is 4.98 Å². The highest BCUT2D eigenvalue weighted by atomic mass is 16.5. The van der Waals surface area contributed by atoms with Crippen LogP contribution < -0.4 is 0 Å². The predicted octanol–water partition coefficient (Wildman–Crippen LogP) is 2.59. The summed E-state index contributed by atoms with van der Waals surface area (Å²) in [5.41, 5.74) is 0.926. The summed E-state index contributed by atoms with van der Waals surface area (Å²) in [4.78, 5) is 27.3. The van der Waals surface area contributed by atoms with Crippen molar-refractivity contribution >= 4 is 18.0 Å². The number of aryl methyl sites for hydroxylation is 1. The number of imidazole rings is 1. The number of carbonyl (C=O) groups is 2. The molecule has 0 aliphatic carbocycles. The summed E-state index contributed by atoms with van der Waals surface area (Å²) in [6.45, 7) is 2.80. The van der Waals surface area contributed by atoms with E-state index in [-0.39, 0.29) is 19.0 Å². The molecule has 1 heterocycles. The highest BCUT2D eigenvalue weighted by Gasteiger charge is 2.05. The van der Waals surface area contributed by atoms with Gasteiger partial charge in [0.1, 0.15) is 12.4 Å². The zero-order valence-corrected chi connectivity index (χ0v) is 13.6. The van der Waals surface area contributed by atoms with Crippen molar-refractivity contribution in [3.63, 3.8) is 0 Å². The average molecular weight is 328 g/mol. The number of nitrogens with zero attached hydrogens (tertiary/aromatic N) is 2. The Morgan fingerprint density at radius 2 is 2.00 bits per heavy atom. The molecule has 1 aromatic carbocycles. The van der Waals surface area contributed by atoms with E-state index >= 15 is 0 Å². The molecular weight excluding hydrogens is 308 g/mol. The summed E-state index contributed by atoms with van der Waals surface area (Å²) in [7, 11) is 0. The Morgan fingerprint density at radius 3 is 2.75 bits per heavy atom. The Labute approximate surface area is 140 Å². The minimum atomic E-state index is -0.446. The second kappa shape index (κ2) is 9.29. The second-order valence-electron chi connectivity index (χ2n) is 4.96. The van der Waals surface area contributed by atoms with Crippen molar-refractivity contribution in [3.8, 4) is 0 Å². The van der Waals surface area contributed by atoms with E-state index in [1.54, 1.807) is 30.0 Å². The normalized spacial score (nSPS) is 10.7. The first-order valence-corrected chi connectivity index (χ1v) is 7.74. The number of hydrogen-bond acceptors (Lipinski definition) is 5. The molecule has 0 radical (unpaired) electrons. The maximum atomic E-state index is 11.8. The molecule has 0 spiro atoms. The summed E-state index contributed by atoms with van der Waals surface area (Å²) in [5, 5.41) is 0. The van der Waals surface area contributed by atoms with Gasteiger partial charge in [0.15, 0.2) is 0 Å². The van der Waals surface area contributed by atoms with Crippen LogP contribution in [0.2, 0.25) is 0 Å². The number of ether oxygens (including phenoxy) is 2. The molecule has 0 aliphatic rings. The molecule has 0 N–H and O–H groups in total. The Balaban J connectivity index is 1.84. The lowest BCUT2D eigenvalue weighted by molar-refractivity contribution is -0.143. The molecule has 0 amide bonds. The van der Waals surface area contributed by atoms with Crippen LogP contribution in [0.4, 0.5) is 0 Å². The van der Waals surface area contributed by atoms with Crippen LogP contribution in [-0.2, 0) is 32.2 Å². The van der Waals surface area contributed by atoms with E-state index in [0.717, 1.165) is 5.56 Å². The van der Waals surface area contributed by atoms with Crippen LogP contribution in [-0.4, -0.2) is 28.1 Å². The van der Waals surface area contributed by atoms with Gasteiger partial charge in [-0.15, -0.1) is 0 Å². The van der Waals surface area contributed by atoms with Gasteiger partial charge in [0.2, 0.25) is 0 Å². The fourth-order valence-electron chi connectivity index (χ4n) is 2.03. The van der Waals surface area contributed by atoms with Crippen LogP contribution in [0.1, 0.15) is 24.7 Å². The van der Waals surface area contributed by atoms with E-state index in [1.807, 2.05) is 30.3 Å². The molecule has 6 heteroatoms. The summed E-state index contributed by atoms with van der Waals surface area (Å²) < 4.78 is 11.8. The Hall–Kier alpha value is -2.89. The van der Waals surface area contributed by atoms with Gasteiger partial charge in [0, 0.05) is 25.0 Å². The Kier molecular flexibility index (Phi) is 6.76. The van der Waals surface area contributed by atoms with Gasteiger partial charge in [-0.3, -0.25) is 4.79 Å². The van der Waals surface area contributed by atoms with Crippen LogP contribution in [0.5, 0.6) is 0 Å². The third kappa shape index (κ3) is 5.72. The van der Waals surface area contributed by atoms with Gasteiger partial charge in [0.05, 0.1) is 13.0 Å². The molecule has 2 rings (SSSR count). The largest absolute Gasteiger partial charge is 0.466 e. The van der Waals surface area contributed by atoms with Crippen molar-refractivity contribution in [1.82, 2.24) is 9.55 Å². The maximum absolute atomic E-state index is 11.8. The highest BCUT2D eigenvalue weighted by Crippen LogP contribution is 2.05. The van der Waals surface area contributed by atoms with Gasteiger partial charge in [-0.25, -0.2) is 9.78 Å². The van der Waals surface area contributed by atoms with Crippen molar-refractivity contribution in [2.24, 2.45) is 0 Å². The van der Waals surface area contributed by atoms with Crippen molar-refractivity contribution in [3.05, 3.63) is 60.2 Å². The highest BCUT2D eigenvalue weighted by molar-refractivity contribution is 5.86. The molecule has 0 bridgehead atoms. The minimum absolute atomic E-state index is 0.224. The molecule has 0 saturated carbocycles. The minimum Gasteiger partial charge on any atom is -0.466 e.